The Bertz CT molecular complexity index is 375. The van der Waals surface area contributed by atoms with Crippen LogP contribution in [-0.4, -0.2) is 36.3 Å². The van der Waals surface area contributed by atoms with Crippen LogP contribution in [0.2, 0.25) is 0 Å². The predicted octanol–water partition coefficient (Wildman–Crippen LogP) is 1.24. The summed E-state index contributed by atoms with van der Waals surface area (Å²) in [6.45, 7) is 4.03. The quantitative estimate of drug-likeness (QED) is 0.855. The Kier molecular flexibility index (Phi) is 3.78. The summed E-state index contributed by atoms with van der Waals surface area (Å²) in [5.41, 5.74) is 6.95. The standard InChI is InChI=1S/C12H20N4O/c1-3-10-11(13)14-8-15-12(10)16-6-4-9(17-2)5-7-16/h8-9H,3-7H2,1-2H3,(H2,13,14,15). The molecular formula is C12H20N4O. The molecule has 0 aromatic carbocycles. The Hall–Kier alpha value is -1.36. The summed E-state index contributed by atoms with van der Waals surface area (Å²) in [6.07, 6.45) is 4.89. The fourth-order valence-corrected chi connectivity index (χ4v) is 2.33. The van der Waals surface area contributed by atoms with Crippen LogP contribution >= 0.6 is 0 Å². The summed E-state index contributed by atoms with van der Waals surface area (Å²) < 4.78 is 5.37. The highest BCUT2D eigenvalue weighted by molar-refractivity contribution is 5.56. The van der Waals surface area contributed by atoms with E-state index in [2.05, 4.69) is 21.8 Å². The van der Waals surface area contributed by atoms with E-state index in [-0.39, 0.29) is 0 Å². The molecule has 1 aromatic rings. The van der Waals surface area contributed by atoms with Gasteiger partial charge in [-0.25, -0.2) is 9.97 Å². The van der Waals surface area contributed by atoms with Gasteiger partial charge in [0.25, 0.3) is 0 Å². The highest BCUT2D eigenvalue weighted by Gasteiger charge is 2.22. The van der Waals surface area contributed by atoms with Crippen LogP contribution < -0.4 is 10.6 Å². The number of rotatable bonds is 3. The zero-order valence-corrected chi connectivity index (χ0v) is 10.5. The summed E-state index contributed by atoms with van der Waals surface area (Å²) >= 11 is 0. The molecule has 94 valence electrons. The second-order valence-electron chi connectivity index (χ2n) is 4.34. The topological polar surface area (TPSA) is 64.3 Å². The second kappa shape index (κ2) is 5.31. The molecule has 5 nitrogen and oxygen atoms in total. The van der Waals surface area contributed by atoms with Gasteiger partial charge in [-0.2, -0.15) is 0 Å². The molecule has 17 heavy (non-hydrogen) atoms. The van der Waals surface area contributed by atoms with Crippen molar-refractivity contribution in [3.63, 3.8) is 0 Å². The highest BCUT2D eigenvalue weighted by atomic mass is 16.5. The minimum Gasteiger partial charge on any atom is -0.383 e. The first-order valence-electron chi connectivity index (χ1n) is 6.13. The van der Waals surface area contributed by atoms with Crippen molar-refractivity contribution in [3.8, 4) is 0 Å². The van der Waals surface area contributed by atoms with E-state index in [0.29, 0.717) is 11.9 Å². The zero-order valence-electron chi connectivity index (χ0n) is 10.5. The van der Waals surface area contributed by atoms with Crippen molar-refractivity contribution in [3.05, 3.63) is 11.9 Å². The number of hydrogen-bond acceptors (Lipinski definition) is 5. The molecule has 2 N–H and O–H groups in total. The Balaban J connectivity index is 2.15. The maximum Gasteiger partial charge on any atom is 0.137 e. The van der Waals surface area contributed by atoms with Gasteiger partial charge >= 0.3 is 0 Å². The van der Waals surface area contributed by atoms with Crippen LogP contribution in [0.15, 0.2) is 6.33 Å². The number of aromatic nitrogens is 2. The van der Waals surface area contributed by atoms with Crippen LogP contribution in [-0.2, 0) is 11.2 Å². The number of methoxy groups -OCH3 is 1. The zero-order chi connectivity index (χ0) is 12.3. The van der Waals surface area contributed by atoms with Gasteiger partial charge in [0, 0.05) is 25.8 Å². The third-order valence-corrected chi connectivity index (χ3v) is 3.38. The van der Waals surface area contributed by atoms with Gasteiger partial charge in [-0.3, -0.25) is 0 Å². The van der Waals surface area contributed by atoms with E-state index in [1.165, 1.54) is 0 Å². The van der Waals surface area contributed by atoms with Crippen molar-refractivity contribution in [2.24, 2.45) is 0 Å². The van der Waals surface area contributed by atoms with E-state index >= 15 is 0 Å². The van der Waals surface area contributed by atoms with Gasteiger partial charge in [0.15, 0.2) is 0 Å². The summed E-state index contributed by atoms with van der Waals surface area (Å²) in [6, 6.07) is 0. The lowest BCUT2D eigenvalue weighted by molar-refractivity contribution is 0.0817. The van der Waals surface area contributed by atoms with Gasteiger partial charge in [-0.1, -0.05) is 6.92 Å². The van der Waals surface area contributed by atoms with Crippen LogP contribution in [0, 0.1) is 0 Å². The number of ether oxygens (including phenoxy) is 1. The van der Waals surface area contributed by atoms with E-state index in [0.717, 1.165) is 43.7 Å². The Morgan fingerprint density at radius 2 is 2.12 bits per heavy atom. The van der Waals surface area contributed by atoms with Crippen LogP contribution in [0.4, 0.5) is 11.6 Å². The average molecular weight is 236 g/mol. The van der Waals surface area contributed by atoms with Crippen molar-refractivity contribution in [2.75, 3.05) is 30.8 Å². The molecule has 0 radical (unpaired) electrons. The Labute approximate surface area is 102 Å². The number of hydrogen-bond donors (Lipinski definition) is 1. The lowest BCUT2D eigenvalue weighted by Crippen LogP contribution is -2.37. The largest absolute Gasteiger partial charge is 0.383 e. The lowest BCUT2D eigenvalue weighted by atomic mass is 10.1. The number of nitrogens with two attached hydrogens (primary N) is 1. The fourth-order valence-electron chi connectivity index (χ4n) is 2.33. The third-order valence-electron chi connectivity index (χ3n) is 3.38. The monoisotopic (exact) mass is 236 g/mol. The molecule has 2 heterocycles. The molecule has 5 heteroatoms. The smallest absolute Gasteiger partial charge is 0.137 e. The van der Waals surface area contributed by atoms with Crippen molar-refractivity contribution in [2.45, 2.75) is 32.3 Å². The van der Waals surface area contributed by atoms with Gasteiger partial charge in [0.1, 0.15) is 18.0 Å². The van der Waals surface area contributed by atoms with E-state index in [1.807, 2.05) is 0 Å². The maximum absolute atomic E-state index is 5.89. The average Bonchev–Trinajstić information content (AvgIpc) is 2.38. The first-order chi connectivity index (χ1) is 8.26. The maximum atomic E-state index is 5.89. The molecule has 1 saturated heterocycles. The number of nitrogens with zero attached hydrogens (tertiary/aromatic N) is 3. The molecule has 0 amide bonds. The van der Waals surface area contributed by atoms with E-state index in [1.54, 1.807) is 13.4 Å². The molecule has 0 atom stereocenters. The Morgan fingerprint density at radius 1 is 1.41 bits per heavy atom. The summed E-state index contributed by atoms with van der Waals surface area (Å²) in [5.74, 6) is 1.60. The van der Waals surface area contributed by atoms with Crippen molar-refractivity contribution in [1.82, 2.24) is 9.97 Å². The number of nitrogen functional groups attached to an aromatic ring is 1. The van der Waals surface area contributed by atoms with Crippen LogP contribution in [0.1, 0.15) is 25.3 Å². The first-order valence-corrected chi connectivity index (χ1v) is 6.13. The molecule has 0 aliphatic carbocycles. The normalized spacial score (nSPS) is 17.4. The molecule has 1 fully saturated rings. The molecule has 1 aromatic heterocycles. The van der Waals surface area contributed by atoms with Gasteiger partial charge in [0.05, 0.1) is 6.10 Å². The summed E-state index contributed by atoms with van der Waals surface area (Å²) in [4.78, 5) is 10.7. The number of piperidine rings is 1. The van der Waals surface area contributed by atoms with Gasteiger partial charge in [-0.05, 0) is 19.3 Å². The van der Waals surface area contributed by atoms with Crippen LogP contribution in [0.3, 0.4) is 0 Å². The molecule has 0 bridgehead atoms. The third kappa shape index (κ3) is 2.49. The SMILES string of the molecule is CCc1c(N)ncnc1N1CCC(OC)CC1. The molecular weight excluding hydrogens is 216 g/mol. The summed E-state index contributed by atoms with van der Waals surface area (Å²) in [5, 5.41) is 0. The van der Waals surface area contributed by atoms with Gasteiger partial charge in [-0.15, -0.1) is 0 Å². The fraction of sp³-hybridized carbons (Fsp3) is 0.667. The predicted molar refractivity (Wildman–Crippen MR) is 68.1 cm³/mol. The highest BCUT2D eigenvalue weighted by Crippen LogP contribution is 2.25. The van der Waals surface area contributed by atoms with Crippen molar-refractivity contribution in [1.29, 1.82) is 0 Å². The van der Waals surface area contributed by atoms with Gasteiger partial charge in [0.2, 0.25) is 0 Å². The number of anilines is 2. The molecule has 0 unspecified atom stereocenters. The minimum absolute atomic E-state index is 0.385. The molecule has 0 spiro atoms. The molecule has 1 aliphatic rings. The second-order valence-corrected chi connectivity index (χ2v) is 4.34. The summed E-state index contributed by atoms with van der Waals surface area (Å²) in [7, 11) is 1.78. The lowest BCUT2D eigenvalue weighted by Gasteiger charge is -2.33. The Morgan fingerprint density at radius 3 is 2.71 bits per heavy atom. The van der Waals surface area contributed by atoms with Gasteiger partial charge < -0.3 is 15.4 Å². The van der Waals surface area contributed by atoms with E-state index in [9.17, 15) is 0 Å². The van der Waals surface area contributed by atoms with E-state index < -0.39 is 0 Å². The van der Waals surface area contributed by atoms with Crippen LogP contribution in [0.25, 0.3) is 0 Å². The minimum atomic E-state index is 0.385. The van der Waals surface area contributed by atoms with Crippen molar-refractivity contribution < 1.29 is 4.74 Å². The molecule has 1 aliphatic heterocycles. The first kappa shape index (κ1) is 12.1. The molecule has 2 rings (SSSR count). The van der Waals surface area contributed by atoms with E-state index in [4.69, 9.17) is 10.5 Å². The molecule has 0 saturated carbocycles. The van der Waals surface area contributed by atoms with Crippen LogP contribution in [0.5, 0.6) is 0 Å². The van der Waals surface area contributed by atoms with Crippen molar-refractivity contribution >= 4 is 11.6 Å².